The van der Waals surface area contributed by atoms with Gasteiger partial charge >= 0.3 is 5.69 Å². The van der Waals surface area contributed by atoms with Crippen molar-refractivity contribution >= 4 is 22.3 Å². The first-order valence-corrected chi connectivity index (χ1v) is 6.38. The van der Waals surface area contributed by atoms with Crippen molar-refractivity contribution in [2.24, 2.45) is 5.92 Å². The first kappa shape index (κ1) is 14.2. The van der Waals surface area contributed by atoms with Gasteiger partial charge in [0.05, 0.1) is 22.4 Å². The summed E-state index contributed by atoms with van der Waals surface area (Å²) in [5, 5.41) is 15.0. The van der Waals surface area contributed by atoms with Gasteiger partial charge in [-0.3, -0.25) is 15.1 Å². The Hall–Kier alpha value is -2.21. The summed E-state index contributed by atoms with van der Waals surface area (Å²) in [4.78, 5) is 15.1. The predicted molar refractivity (Wildman–Crippen MR) is 77.9 cm³/mol. The second-order valence-corrected chi connectivity index (χ2v) is 4.73. The molecule has 2 aromatic rings. The summed E-state index contributed by atoms with van der Waals surface area (Å²) in [5.41, 5.74) is 1.20. The quantitative estimate of drug-likeness (QED) is 0.648. The number of nitrogens with one attached hydrogen (secondary N) is 1. The Morgan fingerprint density at radius 2 is 2.25 bits per heavy atom. The van der Waals surface area contributed by atoms with Gasteiger partial charge in [0.2, 0.25) is 0 Å². The van der Waals surface area contributed by atoms with Crippen LogP contribution in [0.15, 0.2) is 30.5 Å². The van der Waals surface area contributed by atoms with Crippen molar-refractivity contribution < 1.29 is 9.66 Å². The van der Waals surface area contributed by atoms with Crippen molar-refractivity contribution in [1.29, 1.82) is 0 Å². The minimum Gasteiger partial charge on any atom is -0.384 e. The van der Waals surface area contributed by atoms with Crippen molar-refractivity contribution in [3.8, 4) is 0 Å². The van der Waals surface area contributed by atoms with Crippen LogP contribution in [0.5, 0.6) is 0 Å². The van der Waals surface area contributed by atoms with Crippen LogP contribution < -0.4 is 5.32 Å². The monoisotopic (exact) mass is 275 g/mol. The maximum atomic E-state index is 11.3. The van der Waals surface area contributed by atoms with Gasteiger partial charge < -0.3 is 10.1 Å². The Morgan fingerprint density at radius 3 is 2.95 bits per heavy atom. The van der Waals surface area contributed by atoms with Gasteiger partial charge in [0.25, 0.3) is 0 Å². The van der Waals surface area contributed by atoms with E-state index < -0.39 is 0 Å². The predicted octanol–water partition coefficient (Wildman–Crippen LogP) is 2.84. The number of pyridine rings is 1. The molecule has 1 aromatic heterocycles. The number of nitrogens with zero attached hydrogens (tertiary/aromatic N) is 2. The van der Waals surface area contributed by atoms with E-state index in [1.165, 1.54) is 0 Å². The molecule has 20 heavy (non-hydrogen) atoms. The maximum absolute atomic E-state index is 11.3. The van der Waals surface area contributed by atoms with Crippen LogP contribution in [0.1, 0.15) is 6.92 Å². The fourth-order valence-electron chi connectivity index (χ4n) is 2.10. The molecule has 1 unspecified atom stereocenters. The van der Waals surface area contributed by atoms with E-state index >= 15 is 0 Å². The standard InChI is InChI=1S/C14H17N3O3/c1-10(9-20-2)8-16-13-6-5-12-11(4-3-7-15-12)14(13)17(18)19/h3-7,10,16H,8-9H2,1-2H3. The van der Waals surface area contributed by atoms with Gasteiger partial charge in [-0.25, -0.2) is 0 Å². The smallest absolute Gasteiger partial charge is 0.301 e. The van der Waals surface area contributed by atoms with Gasteiger partial charge in [0.1, 0.15) is 5.69 Å². The Kier molecular flexibility index (Phi) is 4.47. The van der Waals surface area contributed by atoms with Gasteiger partial charge in [-0.1, -0.05) is 6.92 Å². The van der Waals surface area contributed by atoms with Gasteiger partial charge in [0, 0.05) is 19.9 Å². The molecule has 1 N–H and O–H groups in total. The second-order valence-electron chi connectivity index (χ2n) is 4.73. The second kappa shape index (κ2) is 6.29. The summed E-state index contributed by atoms with van der Waals surface area (Å²) < 4.78 is 5.06. The molecule has 0 saturated heterocycles. The van der Waals surface area contributed by atoms with Gasteiger partial charge in [-0.15, -0.1) is 0 Å². The maximum Gasteiger partial charge on any atom is 0.301 e. The van der Waals surface area contributed by atoms with Gasteiger partial charge in [-0.2, -0.15) is 0 Å². The topological polar surface area (TPSA) is 77.3 Å². The molecule has 1 aromatic carbocycles. The number of rotatable bonds is 6. The van der Waals surface area contributed by atoms with E-state index in [-0.39, 0.29) is 16.5 Å². The average molecular weight is 275 g/mol. The number of benzene rings is 1. The van der Waals surface area contributed by atoms with E-state index in [9.17, 15) is 10.1 Å². The van der Waals surface area contributed by atoms with E-state index in [4.69, 9.17) is 4.74 Å². The SMILES string of the molecule is COCC(C)CNc1ccc2ncccc2c1[N+](=O)[O-]. The summed E-state index contributed by atoms with van der Waals surface area (Å²) >= 11 is 0. The average Bonchev–Trinajstić information content (AvgIpc) is 2.44. The lowest BCUT2D eigenvalue weighted by Gasteiger charge is -2.13. The Balaban J connectivity index is 2.33. The minimum atomic E-state index is -0.368. The zero-order valence-corrected chi connectivity index (χ0v) is 11.5. The number of fused-ring (bicyclic) bond motifs is 1. The van der Waals surface area contributed by atoms with Crippen molar-refractivity contribution in [2.75, 3.05) is 25.6 Å². The normalized spacial score (nSPS) is 12.3. The highest BCUT2D eigenvalue weighted by Crippen LogP contribution is 2.32. The van der Waals surface area contributed by atoms with Crippen LogP contribution in [0.4, 0.5) is 11.4 Å². The first-order chi connectivity index (χ1) is 9.63. The van der Waals surface area contributed by atoms with E-state index in [1.807, 2.05) is 6.92 Å². The number of anilines is 1. The molecule has 0 saturated carbocycles. The molecule has 0 aliphatic rings. The molecule has 6 heteroatoms. The van der Waals surface area contributed by atoms with Gasteiger partial charge in [-0.05, 0) is 30.2 Å². The highest BCUT2D eigenvalue weighted by atomic mass is 16.6. The molecule has 0 fully saturated rings. The van der Waals surface area contributed by atoms with Crippen LogP contribution in [0.2, 0.25) is 0 Å². The minimum absolute atomic E-state index is 0.0696. The zero-order chi connectivity index (χ0) is 14.5. The largest absolute Gasteiger partial charge is 0.384 e. The number of nitro benzene ring substituents is 1. The number of nitro groups is 1. The number of aromatic nitrogens is 1. The first-order valence-electron chi connectivity index (χ1n) is 6.38. The van der Waals surface area contributed by atoms with Crippen LogP contribution in [0, 0.1) is 16.0 Å². The molecule has 106 valence electrons. The van der Waals surface area contributed by atoms with Crippen LogP contribution >= 0.6 is 0 Å². The Morgan fingerprint density at radius 1 is 1.45 bits per heavy atom. The molecular weight excluding hydrogens is 258 g/mol. The molecule has 0 spiro atoms. The summed E-state index contributed by atoms with van der Waals surface area (Å²) in [6.45, 7) is 3.24. The molecule has 1 heterocycles. The van der Waals surface area contributed by atoms with E-state index in [1.54, 1.807) is 37.6 Å². The fraction of sp³-hybridized carbons (Fsp3) is 0.357. The summed E-state index contributed by atoms with van der Waals surface area (Å²) in [5.74, 6) is 0.268. The molecule has 1 atom stereocenters. The number of ether oxygens (including phenoxy) is 1. The highest BCUT2D eigenvalue weighted by Gasteiger charge is 2.19. The molecule has 0 radical (unpaired) electrons. The molecular formula is C14H17N3O3. The Labute approximate surface area is 116 Å². The third-order valence-corrected chi connectivity index (χ3v) is 3.03. The van der Waals surface area contributed by atoms with Crippen LogP contribution in [0.3, 0.4) is 0 Å². The van der Waals surface area contributed by atoms with Crippen molar-refractivity contribution in [1.82, 2.24) is 4.98 Å². The van der Waals surface area contributed by atoms with Crippen LogP contribution in [-0.4, -0.2) is 30.2 Å². The van der Waals surface area contributed by atoms with E-state index in [0.717, 1.165) is 0 Å². The lowest BCUT2D eigenvalue weighted by atomic mass is 10.1. The van der Waals surface area contributed by atoms with E-state index in [2.05, 4.69) is 10.3 Å². The van der Waals surface area contributed by atoms with Gasteiger partial charge in [0.15, 0.2) is 0 Å². The third kappa shape index (κ3) is 3.03. The van der Waals surface area contributed by atoms with Crippen molar-refractivity contribution in [3.63, 3.8) is 0 Å². The third-order valence-electron chi connectivity index (χ3n) is 3.03. The van der Waals surface area contributed by atoms with E-state index in [0.29, 0.717) is 29.7 Å². The lowest BCUT2D eigenvalue weighted by molar-refractivity contribution is -0.382. The summed E-state index contributed by atoms with van der Waals surface area (Å²) in [7, 11) is 1.64. The molecule has 2 rings (SSSR count). The molecule has 6 nitrogen and oxygen atoms in total. The number of hydrogen-bond acceptors (Lipinski definition) is 5. The summed E-state index contributed by atoms with van der Waals surface area (Å²) in [6.07, 6.45) is 1.62. The highest BCUT2D eigenvalue weighted by molar-refractivity contribution is 5.94. The molecule has 0 aliphatic heterocycles. The number of methoxy groups -OCH3 is 1. The zero-order valence-electron chi connectivity index (χ0n) is 11.5. The fourth-order valence-corrected chi connectivity index (χ4v) is 2.10. The van der Waals surface area contributed by atoms with Crippen LogP contribution in [-0.2, 0) is 4.74 Å². The van der Waals surface area contributed by atoms with Crippen LogP contribution in [0.25, 0.3) is 10.9 Å². The molecule has 0 bridgehead atoms. The van der Waals surface area contributed by atoms with Crippen molar-refractivity contribution in [3.05, 3.63) is 40.6 Å². The van der Waals surface area contributed by atoms with Crippen molar-refractivity contribution in [2.45, 2.75) is 6.92 Å². The summed E-state index contributed by atoms with van der Waals surface area (Å²) in [6, 6.07) is 6.90. The lowest BCUT2D eigenvalue weighted by Crippen LogP contribution is -2.16. The number of hydrogen-bond donors (Lipinski definition) is 1. The Bertz CT molecular complexity index is 616. The molecule has 0 aliphatic carbocycles. The molecule has 0 amide bonds.